The second kappa shape index (κ2) is 14.0. The Morgan fingerprint density at radius 1 is 1.03 bits per heavy atom. The van der Waals surface area contributed by atoms with E-state index in [4.69, 9.17) is 24.8 Å². The van der Waals surface area contributed by atoms with Crippen LogP contribution in [0.3, 0.4) is 0 Å². The van der Waals surface area contributed by atoms with Crippen molar-refractivity contribution in [2.24, 2.45) is 0 Å². The predicted molar refractivity (Wildman–Crippen MR) is 128 cm³/mol. The number of hydrogen-bond donors (Lipinski definition) is 4. The van der Waals surface area contributed by atoms with Crippen LogP contribution in [-0.2, 0) is 34.0 Å². The minimum absolute atomic E-state index is 0.457. The van der Waals surface area contributed by atoms with E-state index in [0.717, 1.165) is 37.1 Å². The molecule has 0 saturated heterocycles. The summed E-state index contributed by atoms with van der Waals surface area (Å²) in [7, 11) is 0. The van der Waals surface area contributed by atoms with Crippen LogP contribution in [0.4, 0.5) is 8.78 Å². The molecule has 11 nitrogen and oxygen atoms in total. The van der Waals surface area contributed by atoms with Gasteiger partial charge in [0.1, 0.15) is 23.2 Å². The zero-order valence-corrected chi connectivity index (χ0v) is 20.6. The van der Waals surface area contributed by atoms with Gasteiger partial charge in [-0.25, -0.2) is 18.6 Å². The number of aliphatic carboxylic acids is 3. The molecule has 0 amide bonds. The number of imidazole rings is 1. The minimum atomic E-state index is -2.74. The fourth-order valence-electron chi connectivity index (χ4n) is 3.57. The van der Waals surface area contributed by atoms with Crippen LogP contribution in [0, 0.1) is 18.6 Å². The molecule has 2 aromatic heterocycles. The number of hydrogen-bond acceptors (Lipinski definition) is 7. The molecular weight excluding hydrogens is 508 g/mol. The first kappa shape index (κ1) is 30.1. The fraction of sp³-hybridized carbons (Fsp3) is 0.360. The highest BCUT2D eigenvalue weighted by Crippen LogP contribution is 2.17. The maximum absolute atomic E-state index is 13.5. The van der Waals surface area contributed by atoms with Gasteiger partial charge in [0.2, 0.25) is 0 Å². The van der Waals surface area contributed by atoms with Gasteiger partial charge in [0, 0.05) is 38.1 Å². The van der Waals surface area contributed by atoms with E-state index in [1.165, 1.54) is 12.1 Å². The summed E-state index contributed by atoms with van der Waals surface area (Å²) in [5, 5.41) is 33.8. The van der Waals surface area contributed by atoms with Crippen molar-refractivity contribution in [3.63, 3.8) is 0 Å². The van der Waals surface area contributed by atoms with E-state index in [-0.39, 0.29) is 0 Å². The first-order chi connectivity index (χ1) is 17.9. The van der Waals surface area contributed by atoms with Crippen molar-refractivity contribution in [2.75, 3.05) is 6.54 Å². The number of halogens is 2. The van der Waals surface area contributed by atoms with Gasteiger partial charge in [0.15, 0.2) is 5.60 Å². The van der Waals surface area contributed by atoms with Crippen LogP contribution in [0.15, 0.2) is 53.5 Å². The van der Waals surface area contributed by atoms with E-state index in [0.29, 0.717) is 18.7 Å². The van der Waals surface area contributed by atoms with E-state index in [9.17, 15) is 23.2 Å². The summed E-state index contributed by atoms with van der Waals surface area (Å²) >= 11 is 0. The molecule has 0 aliphatic carbocycles. The van der Waals surface area contributed by atoms with Crippen LogP contribution < -0.4 is 0 Å². The zero-order chi connectivity index (χ0) is 28.3. The molecule has 0 atom stereocenters. The van der Waals surface area contributed by atoms with Crippen LogP contribution in [-0.4, -0.2) is 64.9 Å². The van der Waals surface area contributed by atoms with Crippen molar-refractivity contribution >= 4 is 17.9 Å². The van der Waals surface area contributed by atoms with E-state index in [2.05, 4.69) is 9.88 Å². The number of aliphatic hydroxyl groups is 1. The van der Waals surface area contributed by atoms with Crippen molar-refractivity contribution in [1.82, 2.24) is 14.5 Å². The fourth-order valence-corrected chi connectivity index (χ4v) is 3.57. The number of carbonyl (C=O) groups is 3. The largest absolute Gasteiger partial charge is 0.481 e. The molecule has 0 saturated carbocycles. The predicted octanol–water partition coefficient (Wildman–Crippen LogP) is 2.91. The SMILES string of the molecule is Cc1ccc(CN(CCCn2ccnc2)Cc2cc(F)cc(F)c2)o1.O=C(O)CC(O)(CC(=O)O)C(=O)O. The normalized spacial score (nSPS) is 11.2. The quantitative estimate of drug-likeness (QED) is 0.255. The molecule has 0 bridgehead atoms. The van der Waals surface area contributed by atoms with Crippen molar-refractivity contribution in [1.29, 1.82) is 0 Å². The number of carboxylic acid groups (broad SMARTS) is 3. The Balaban J connectivity index is 0.000000332. The van der Waals surface area contributed by atoms with E-state index in [1.807, 2.05) is 29.8 Å². The lowest BCUT2D eigenvalue weighted by Gasteiger charge is -2.21. The number of furan rings is 1. The highest BCUT2D eigenvalue weighted by molar-refractivity contribution is 5.88. The molecule has 0 spiro atoms. The number of aromatic nitrogens is 2. The Labute approximate surface area is 216 Å². The number of carboxylic acids is 3. The number of benzene rings is 1. The lowest BCUT2D eigenvalue weighted by Crippen LogP contribution is -2.42. The molecule has 0 aliphatic rings. The summed E-state index contributed by atoms with van der Waals surface area (Å²) in [5.41, 5.74) is -2.12. The lowest BCUT2D eigenvalue weighted by molar-refractivity contribution is -0.170. The lowest BCUT2D eigenvalue weighted by atomic mass is 9.96. The standard InChI is InChI=1S/C19H21F2N3O.C6H8O7/c1-15-3-4-19(25-15)13-24(7-2-6-23-8-5-22-14-23)12-16-9-17(20)11-18(21)10-16;7-3(8)1-6(13,5(11)12)2-4(9)10/h3-5,8-11,14H,2,6-7,12-13H2,1H3;13H,1-2H2,(H,7,8)(H,9,10)(H,11,12). The van der Waals surface area contributed by atoms with Crippen LogP contribution >= 0.6 is 0 Å². The Bertz CT molecular complexity index is 1180. The third-order valence-corrected chi connectivity index (χ3v) is 5.24. The molecular formula is C25H29F2N3O8. The van der Waals surface area contributed by atoms with Gasteiger partial charge in [-0.3, -0.25) is 14.5 Å². The molecule has 3 aromatic rings. The third kappa shape index (κ3) is 10.5. The first-order valence-electron chi connectivity index (χ1n) is 11.4. The molecule has 0 aliphatic heterocycles. The number of nitrogens with zero attached hydrogens (tertiary/aromatic N) is 3. The van der Waals surface area contributed by atoms with Crippen LogP contribution in [0.5, 0.6) is 0 Å². The van der Waals surface area contributed by atoms with Crippen molar-refractivity contribution in [3.8, 4) is 0 Å². The molecule has 0 unspecified atom stereocenters. The summed E-state index contributed by atoms with van der Waals surface area (Å²) in [5.74, 6) is -4.43. The van der Waals surface area contributed by atoms with Gasteiger partial charge in [-0.1, -0.05) is 0 Å². The van der Waals surface area contributed by atoms with Gasteiger partial charge in [-0.05, 0) is 43.2 Å². The van der Waals surface area contributed by atoms with Gasteiger partial charge >= 0.3 is 17.9 Å². The van der Waals surface area contributed by atoms with Crippen molar-refractivity contribution in [2.45, 2.75) is 51.4 Å². The highest BCUT2D eigenvalue weighted by atomic mass is 19.1. The van der Waals surface area contributed by atoms with E-state index >= 15 is 0 Å². The Hall–Kier alpha value is -4.10. The first-order valence-corrected chi connectivity index (χ1v) is 11.4. The zero-order valence-electron chi connectivity index (χ0n) is 20.6. The van der Waals surface area contributed by atoms with Crippen LogP contribution in [0.2, 0.25) is 0 Å². The van der Waals surface area contributed by atoms with Crippen LogP contribution in [0.1, 0.15) is 36.3 Å². The molecule has 3 rings (SSSR count). The number of aryl methyl sites for hydroxylation is 2. The summed E-state index contributed by atoms with van der Waals surface area (Å²) in [6, 6.07) is 7.49. The molecule has 1 aromatic carbocycles. The molecule has 0 radical (unpaired) electrons. The Morgan fingerprint density at radius 2 is 1.66 bits per heavy atom. The second-order valence-electron chi connectivity index (χ2n) is 8.63. The van der Waals surface area contributed by atoms with Gasteiger partial charge in [-0.2, -0.15) is 0 Å². The minimum Gasteiger partial charge on any atom is -0.481 e. The maximum Gasteiger partial charge on any atom is 0.336 e. The van der Waals surface area contributed by atoms with Gasteiger partial charge in [0.05, 0.1) is 25.7 Å². The molecule has 206 valence electrons. The van der Waals surface area contributed by atoms with Crippen LogP contribution in [0.25, 0.3) is 0 Å². The third-order valence-electron chi connectivity index (χ3n) is 5.24. The van der Waals surface area contributed by atoms with Gasteiger partial charge in [-0.15, -0.1) is 0 Å². The molecule has 13 heteroatoms. The van der Waals surface area contributed by atoms with Crippen molar-refractivity contribution < 1.29 is 48.0 Å². The smallest absolute Gasteiger partial charge is 0.336 e. The Morgan fingerprint density at radius 3 is 2.13 bits per heavy atom. The molecule has 4 N–H and O–H groups in total. The monoisotopic (exact) mass is 537 g/mol. The highest BCUT2D eigenvalue weighted by Gasteiger charge is 2.40. The summed E-state index contributed by atoms with van der Waals surface area (Å²) in [4.78, 5) is 36.6. The topological polar surface area (TPSA) is 166 Å². The second-order valence-corrected chi connectivity index (χ2v) is 8.63. The number of rotatable bonds is 13. The van der Waals surface area contributed by atoms with Gasteiger partial charge in [0.25, 0.3) is 0 Å². The van der Waals surface area contributed by atoms with E-state index in [1.54, 1.807) is 12.5 Å². The average molecular weight is 538 g/mol. The molecule has 0 fully saturated rings. The summed E-state index contributed by atoms with van der Waals surface area (Å²) < 4.78 is 34.6. The van der Waals surface area contributed by atoms with E-state index < -0.39 is 48.0 Å². The Kier molecular flexibility index (Phi) is 11.1. The van der Waals surface area contributed by atoms with Crippen molar-refractivity contribution in [3.05, 3.63) is 77.8 Å². The summed E-state index contributed by atoms with van der Waals surface area (Å²) in [6.07, 6.45) is 4.06. The molecule has 38 heavy (non-hydrogen) atoms. The summed E-state index contributed by atoms with van der Waals surface area (Å²) in [6.45, 7) is 4.56. The average Bonchev–Trinajstić information content (AvgIpc) is 3.44. The molecule has 2 heterocycles. The van der Waals surface area contributed by atoms with Gasteiger partial charge < -0.3 is 29.4 Å². The maximum atomic E-state index is 13.5.